The molecule has 1 heterocycles. The molecule has 4 rings (SSSR count). The van der Waals surface area contributed by atoms with Gasteiger partial charge in [-0.3, -0.25) is 9.78 Å². The van der Waals surface area contributed by atoms with E-state index in [1.807, 2.05) is 41.1 Å². The van der Waals surface area contributed by atoms with Gasteiger partial charge in [0, 0.05) is 18.9 Å². The quantitative estimate of drug-likeness (QED) is 0.163. The number of carbonyl (C=O) groups excluding carboxylic acids is 1. The van der Waals surface area contributed by atoms with Crippen LogP contribution in [0.3, 0.4) is 0 Å². The van der Waals surface area contributed by atoms with Crippen LogP contribution in [0.25, 0.3) is 11.1 Å². The largest absolute Gasteiger partial charge is 0.490 e. The predicted molar refractivity (Wildman–Crippen MR) is 195 cm³/mol. The highest BCUT2D eigenvalue weighted by atomic mass is 32.2. The van der Waals surface area contributed by atoms with E-state index in [0.717, 1.165) is 54.4 Å². The number of sulfonamides is 1. The fourth-order valence-electron chi connectivity index (χ4n) is 5.57. The van der Waals surface area contributed by atoms with Crippen molar-refractivity contribution in [3.63, 3.8) is 0 Å². The Morgan fingerprint density at radius 3 is 2.36 bits per heavy atom. The molecule has 1 aliphatic rings. The van der Waals surface area contributed by atoms with Gasteiger partial charge in [-0.2, -0.15) is 5.26 Å². The Balaban J connectivity index is 1.51. The molecule has 0 spiro atoms. The van der Waals surface area contributed by atoms with Crippen LogP contribution in [0.4, 0.5) is 4.79 Å². The Labute approximate surface area is 296 Å². The molecule has 1 aliphatic carbocycles. The Hall–Kier alpha value is -4.25. The lowest BCUT2D eigenvalue weighted by molar-refractivity contribution is 0.0969. The summed E-state index contributed by atoms with van der Waals surface area (Å²) in [5.74, 6) is -1.40. The smallest absolute Gasteiger partial charge is 0.407 e. The predicted octanol–water partition coefficient (Wildman–Crippen LogP) is 7.33. The molecule has 1 saturated carbocycles. The standard InChI is InChI=1S/C37H48N4O7SSi/c1-37(2,3)50(4,5)48-34(30-10-9-21-39-25-30)26-41(36(43)44)22-19-27-13-15-28(16-14-27)29-17-18-32(35(42)40-49(45,46)23-20-38)33(24-29)47-31-11-7-6-8-12-31/h9-10,13-18,21,24-25,31,34H,6-8,11-12,19,22-23,26H2,1-5H3,(H,40,42)(H,43,44)/t34-/m1/s1. The number of benzene rings is 2. The summed E-state index contributed by atoms with van der Waals surface area (Å²) < 4.78 is 39.2. The maximum Gasteiger partial charge on any atom is 0.407 e. The number of hydrogen-bond acceptors (Lipinski definition) is 8. The average Bonchev–Trinajstić information content (AvgIpc) is 3.06. The van der Waals surface area contributed by atoms with Crippen molar-refractivity contribution in [3.05, 3.63) is 83.7 Å². The summed E-state index contributed by atoms with van der Waals surface area (Å²) in [5, 5.41) is 18.9. The van der Waals surface area contributed by atoms with Crippen LogP contribution in [0.1, 0.15) is 80.5 Å². The van der Waals surface area contributed by atoms with Gasteiger partial charge in [-0.25, -0.2) is 17.9 Å². The van der Waals surface area contributed by atoms with Crippen molar-refractivity contribution in [1.82, 2.24) is 14.6 Å². The van der Waals surface area contributed by atoms with Gasteiger partial charge < -0.3 is 19.2 Å². The van der Waals surface area contributed by atoms with Crippen molar-refractivity contribution in [2.24, 2.45) is 0 Å². The van der Waals surface area contributed by atoms with Crippen molar-refractivity contribution < 1.29 is 32.3 Å². The topological polar surface area (TPSA) is 159 Å². The van der Waals surface area contributed by atoms with Gasteiger partial charge in [0.25, 0.3) is 5.91 Å². The maximum atomic E-state index is 13.0. The molecule has 1 aromatic heterocycles. The molecule has 268 valence electrons. The lowest BCUT2D eigenvalue weighted by Crippen LogP contribution is -2.45. The number of nitrogens with zero attached hydrogens (tertiary/aromatic N) is 3. The van der Waals surface area contributed by atoms with Crippen LogP contribution < -0.4 is 9.46 Å². The number of pyridine rings is 1. The van der Waals surface area contributed by atoms with Gasteiger partial charge >= 0.3 is 6.09 Å². The first-order valence-corrected chi connectivity index (χ1v) is 21.5. The highest BCUT2D eigenvalue weighted by molar-refractivity contribution is 7.90. The summed E-state index contributed by atoms with van der Waals surface area (Å²) in [7, 11) is -6.35. The lowest BCUT2D eigenvalue weighted by atomic mass is 9.97. The summed E-state index contributed by atoms with van der Waals surface area (Å²) >= 11 is 0. The third kappa shape index (κ3) is 10.6. The fraction of sp³-hybridized carbons (Fsp3) is 0.459. The zero-order chi connectivity index (χ0) is 36.5. The summed E-state index contributed by atoms with van der Waals surface area (Å²) in [6, 6.07) is 18.0. The molecule has 1 atom stereocenters. The first-order valence-electron chi connectivity index (χ1n) is 17.0. The third-order valence-corrected chi connectivity index (χ3v) is 15.0. The summed E-state index contributed by atoms with van der Waals surface area (Å²) in [6.07, 6.45) is 7.15. The molecule has 0 radical (unpaired) electrons. The molecule has 0 bridgehead atoms. The second-order valence-corrected chi connectivity index (χ2v) is 20.7. The molecule has 2 amide bonds. The number of carbonyl (C=O) groups is 2. The van der Waals surface area contributed by atoms with E-state index >= 15 is 0 Å². The van der Waals surface area contributed by atoms with E-state index in [4.69, 9.17) is 14.4 Å². The van der Waals surface area contributed by atoms with Crippen molar-refractivity contribution in [3.8, 4) is 22.9 Å². The molecule has 0 unspecified atom stereocenters. The highest BCUT2D eigenvalue weighted by Gasteiger charge is 2.40. The number of nitriles is 1. The zero-order valence-corrected chi connectivity index (χ0v) is 31.3. The number of nitrogens with one attached hydrogen (secondary N) is 1. The summed E-state index contributed by atoms with van der Waals surface area (Å²) in [4.78, 5) is 31.1. The second kappa shape index (κ2) is 16.6. The molecular formula is C37H48N4O7SSi. The summed E-state index contributed by atoms with van der Waals surface area (Å²) in [5.41, 5.74) is 3.48. The minimum atomic E-state index is -4.11. The van der Waals surface area contributed by atoms with Crippen molar-refractivity contribution in [2.75, 3.05) is 18.8 Å². The minimum absolute atomic E-state index is 0.0581. The van der Waals surface area contributed by atoms with Crippen LogP contribution >= 0.6 is 0 Å². The van der Waals surface area contributed by atoms with E-state index in [1.165, 1.54) is 11.0 Å². The molecule has 11 nitrogen and oxygen atoms in total. The normalized spacial score (nSPS) is 14.7. The Bertz CT molecular complexity index is 1770. The maximum absolute atomic E-state index is 13.0. The monoisotopic (exact) mass is 720 g/mol. The second-order valence-electron chi connectivity index (χ2n) is 14.3. The lowest BCUT2D eigenvalue weighted by Gasteiger charge is -2.40. The van der Waals surface area contributed by atoms with Gasteiger partial charge in [-0.05, 0) is 90.7 Å². The van der Waals surface area contributed by atoms with Gasteiger partial charge in [0.2, 0.25) is 10.0 Å². The molecule has 13 heteroatoms. The van der Waals surface area contributed by atoms with Crippen LogP contribution in [-0.4, -0.2) is 68.7 Å². The first kappa shape index (κ1) is 38.5. The van der Waals surface area contributed by atoms with Gasteiger partial charge in [-0.1, -0.05) is 63.6 Å². The fourth-order valence-corrected chi connectivity index (χ4v) is 7.48. The first-order chi connectivity index (χ1) is 23.6. The van der Waals surface area contributed by atoms with E-state index in [-0.39, 0.29) is 35.5 Å². The number of carboxylic acid groups (broad SMARTS) is 1. The molecule has 2 N–H and O–H groups in total. The molecule has 0 aliphatic heterocycles. The molecule has 50 heavy (non-hydrogen) atoms. The number of amides is 2. The van der Waals surface area contributed by atoms with Crippen LogP contribution in [0.5, 0.6) is 5.75 Å². The van der Waals surface area contributed by atoms with Gasteiger partial charge in [0.1, 0.15) is 5.75 Å². The van der Waals surface area contributed by atoms with Gasteiger partial charge in [-0.15, -0.1) is 0 Å². The number of aromatic nitrogens is 1. The number of ether oxygens (including phenoxy) is 1. The minimum Gasteiger partial charge on any atom is -0.490 e. The van der Waals surface area contributed by atoms with Crippen LogP contribution in [-0.2, 0) is 20.9 Å². The van der Waals surface area contributed by atoms with E-state index in [1.54, 1.807) is 30.6 Å². The van der Waals surface area contributed by atoms with E-state index in [9.17, 15) is 23.1 Å². The average molecular weight is 721 g/mol. The summed E-state index contributed by atoms with van der Waals surface area (Å²) in [6.45, 7) is 11.2. The Morgan fingerprint density at radius 1 is 1.08 bits per heavy atom. The van der Waals surface area contributed by atoms with Crippen LogP contribution in [0.15, 0.2) is 67.0 Å². The van der Waals surface area contributed by atoms with Crippen molar-refractivity contribution in [1.29, 1.82) is 5.26 Å². The molecule has 1 fully saturated rings. The molecule has 0 saturated heterocycles. The number of rotatable bonds is 14. The van der Waals surface area contributed by atoms with Crippen molar-refractivity contribution in [2.45, 2.75) is 89.6 Å². The van der Waals surface area contributed by atoms with Crippen molar-refractivity contribution >= 4 is 30.3 Å². The highest BCUT2D eigenvalue weighted by Crippen LogP contribution is 2.40. The van der Waals surface area contributed by atoms with Gasteiger partial charge in [0.05, 0.1) is 30.4 Å². The van der Waals surface area contributed by atoms with Crippen LogP contribution in [0, 0.1) is 11.3 Å². The Kier molecular flexibility index (Phi) is 12.8. The van der Waals surface area contributed by atoms with E-state index in [2.05, 4.69) is 38.8 Å². The van der Waals surface area contributed by atoms with E-state index < -0.39 is 42.2 Å². The number of hydrogen-bond donors (Lipinski definition) is 2. The van der Waals surface area contributed by atoms with E-state index in [0.29, 0.717) is 6.42 Å². The molecule has 3 aromatic rings. The molecule has 2 aromatic carbocycles. The van der Waals surface area contributed by atoms with Crippen LogP contribution in [0.2, 0.25) is 18.1 Å². The SMILES string of the molecule is CC(C)(C)[Si](C)(C)O[C@H](CN(CCc1ccc(-c2ccc(C(=O)NS(=O)(=O)CC#N)c(OC3CCCCC3)c2)cc1)C(=O)O)c1cccnc1. The third-order valence-electron chi connectivity index (χ3n) is 9.49. The Morgan fingerprint density at radius 2 is 1.76 bits per heavy atom. The zero-order valence-electron chi connectivity index (χ0n) is 29.5. The van der Waals surface area contributed by atoms with Gasteiger partial charge in [0.15, 0.2) is 14.1 Å². The molecular weight excluding hydrogens is 673 g/mol.